The van der Waals surface area contributed by atoms with Gasteiger partial charge in [-0.2, -0.15) is 0 Å². The predicted octanol–water partition coefficient (Wildman–Crippen LogP) is 4.35. The number of nitrogens with zero attached hydrogens (tertiary/aromatic N) is 3. The highest BCUT2D eigenvalue weighted by Gasteiger charge is 2.14. The van der Waals surface area contributed by atoms with Gasteiger partial charge in [0.15, 0.2) is 5.76 Å². The predicted molar refractivity (Wildman–Crippen MR) is 85.9 cm³/mol. The quantitative estimate of drug-likeness (QED) is 0.638. The van der Waals surface area contributed by atoms with Crippen LogP contribution in [0.25, 0.3) is 11.7 Å². The highest BCUT2D eigenvalue weighted by Crippen LogP contribution is 2.21. The summed E-state index contributed by atoms with van der Waals surface area (Å²) in [6, 6.07) is 8.08. The van der Waals surface area contributed by atoms with E-state index >= 15 is 0 Å². The van der Waals surface area contributed by atoms with Crippen LogP contribution in [0.3, 0.4) is 0 Å². The molecule has 0 saturated carbocycles. The Bertz CT molecular complexity index is 840. The van der Waals surface area contributed by atoms with Crippen molar-refractivity contribution in [2.75, 3.05) is 7.05 Å². The zero-order chi connectivity index (χ0) is 16.4. The van der Waals surface area contributed by atoms with Gasteiger partial charge in [0, 0.05) is 17.1 Å². The topological polar surface area (TPSA) is 47.3 Å². The molecule has 2 aromatic heterocycles. The van der Waals surface area contributed by atoms with Crippen molar-refractivity contribution < 1.29 is 13.2 Å². The zero-order valence-electron chi connectivity index (χ0n) is 12.2. The van der Waals surface area contributed by atoms with E-state index in [0.29, 0.717) is 35.5 Å². The molecular weight excluding hydrogens is 341 g/mol. The Kier molecular flexibility index (Phi) is 4.61. The number of aromatic nitrogens is 2. The second kappa shape index (κ2) is 6.66. The lowest BCUT2D eigenvalue weighted by Gasteiger charge is -2.17. The van der Waals surface area contributed by atoms with Gasteiger partial charge in [-0.3, -0.25) is 4.90 Å². The summed E-state index contributed by atoms with van der Waals surface area (Å²) in [6.45, 7) is 0.643. The smallest absolute Gasteiger partial charge is 0.288 e. The van der Waals surface area contributed by atoms with Crippen LogP contribution < -0.4 is 0 Å². The van der Waals surface area contributed by atoms with Gasteiger partial charge in [-0.15, -0.1) is 5.10 Å². The first-order valence-electron chi connectivity index (χ1n) is 6.78. The largest absolute Gasteiger partial charge is 0.459 e. The molecule has 0 saturated heterocycles. The van der Waals surface area contributed by atoms with E-state index in [4.69, 9.17) is 32.7 Å². The van der Waals surface area contributed by atoms with Crippen LogP contribution in [0.15, 0.2) is 45.4 Å². The summed E-state index contributed by atoms with van der Waals surface area (Å²) in [6.07, 6.45) is 1.53. The Morgan fingerprint density at radius 1 is 1.35 bits per heavy atom. The van der Waals surface area contributed by atoms with Gasteiger partial charge in [-0.1, -0.05) is 17.7 Å². The van der Waals surface area contributed by atoms with Crippen LogP contribution in [0.2, 0.25) is 5.02 Å². The molecule has 3 rings (SSSR count). The summed E-state index contributed by atoms with van der Waals surface area (Å²) in [7, 11) is 1.81. The van der Waals surface area contributed by atoms with Crippen molar-refractivity contribution in [2.24, 2.45) is 0 Å². The van der Waals surface area contributed by atoms with Crippen molar-refractivity contribution in [1.29, 1.82) is 0 Å². The minimum absolute atomic E-state index is 0.211. The molecule has 3 aromatic rings. The van der Waals surface area contributed by atoms with Crippen LogP contribution in [0, 0.1) is 10.7 Å². The molecule has 0 spiro atoms. The molecule has 0 atom stereocenters. The number of hydrogen-bond donors (Lipinski definition) is 0. The van der Waals surface area contributed by atoms with Gasteiger partial charge >= 0.3 is 0 Å². The Morgan fingerprint density at radius 2 is 2.17 bits per heavy atom. The molecule has 0 aliphatic rings. The number of halogens is 2. The Labute approximate surface area is 141 Å². The number of furan rings is 1. The van der Waals surface area contributed by atoms with Gasteiger partial charge in [0.05, 0.1) is 12.9 Å². The minimum Gasteiger partial charge on any atom is -0.459 e. The van der Waals surface area contributed by atoms with Gasteiger partial charge in [-0.05, 0) is 43.5 Å². The summed E-state index contributed by atoms with van der Waals surface area (Å²) in [5, 5.41) is 4.65. The third-order valence-electron chi connectivity index (χ3n) is 3.20. The van der Waals surface area contributed by atoms with Crippen molar-refractivity contribution in [1.82, 2.24) is 14.7 Å². The molecule has 23 heavy (non-hydrogen) atoms. The number of rotatable bonds is 5. The summed E-state index contributed by atoms with van der Waals surface area (Å²) in [5.41, 5.74) is 0.429. The molecule has 120 valence electrons. The number of hydrogen-bond acceptors (Lipinski definition) is 5. The van der Waals surface area contributed by atoms with Crippen molar-refractivity contribution in [3.8, 4) is 11.7 Å². The fourth-order valence-electron chi connectivity index (χ4n) is 2.13. The molecule has 2 heterocycles. The zero-order valence-corrected chi connectivity index (χ0v) is 13.8. The van der Waals surface area contributed by atoms with Crippen LogP contribution >= 0.6 is 23.8 Å². The average molecular weight is 354 g/mol. The van der Waals surface area contributed by atoms with Gasteiger partial charge < -0.3 is 8.83 Å². The van der Waals surface area contributed by atoms with Crippen molar-refractivity contribution in [3.63, 3.8) is 0 Å². The fraction of sp³-hybridized carbons (Fsp3) is 0.200. The monoisotopic (exact) mass is 353 g/mol. The van der Waals surface area contributed by atoms with Gasteiger partial charge in [-0.25, -0.2) is 9.07 Å². The fourth-order valence-corrected chi connectivity index (χ4v) is 2.53. The second-order valence-electron chi connectivity index (χ2n) is 5.01. The molecule has 0 aliphatic heterocycles. The Hall–Kier alpha value is -1.96. The SMILES string of the molecule is CN(Cc1c(F)cccc1Cl)Cn1nc(-c2ccco2)oc1=S. The maximum Gasteiger partial charge on any atom is 0.288 e. The Morgan fingerprint density at radius 3 is 2.87 bits per heavy atom. The molecular formula is C15H13ClFN3O2S. The van der Waals surface area contributed by atoms with Crippen LogP contribution in [0.5, 0.6) is 0 Å². The molecule has 0 radical (unpaired) electrons. The van der Waals surface area contributed by atoms with Gasteiger partial charge in [0.25, 0.3) is 10.7 Å². The maximum absolute atomic E-state index is 13.8. The van der Waals surface area contributed by atoms with E-state index < -0.39 is 0 Å². The van der Waals surface area contributed by atoms with E-state index in [0.717, 1.165) is 0 Å². The molecule has 0 fully saturated rings. The summed E-state index contributed by atoms with van der Waals surface area (Å²) < 4.78 is 26.0. The number of benzene rings is 1. The van der Waals surface area contributed by atoms with Crippen LogP contribution in [0.4, 0.5) is 4.39 Å². The highest BCUT2D eigenvalue weighted by molar-refractivity contribution is 7.71. The molecule has 8 heteroatoms. The van der Waals surface area contributed by atoms with Crippen molar-refractivity contribution >= 4 is 23.8 Å². The van der Waals surface area contributed by atoms with E-state index in [2.05, 4.69) is 5.10 Å². The van der Waals surface area contributed by atoms with Crippen LogP contribution in [0.1, 0.15) is 5.56 Å². The normalized spacial score (nSPS) is 11.3. The molecule has 5 nitrogen and oxygen atoms in total. The van der Waals surface area contributed by atoms with Crippen LogP contribution in [-0.2, 0) is 13.2 Å². The Balaban J connectivity index is 1.76. The second-order valence-corrected chi connectivity index (χ2v) is 5.76. The first-order valence-corrected chi connectivity index (χ1v) is 7.56. The van der Waals surface area contributed by atoms with Gasteiger partial charge in [0.2, 0.25) is 0 Å². The lowest BCUT2D eigenvalue weighted by atomic mass is 10.2. The molecule has 0 N–H and O–H groups in total. The summed E-state index contributed by atoms with van der Waals surface area (Å²) in [4.78, 5) is 2.04. The average Bonchev–Trinajstić information content (AvgIpc) is 3.14. The molecule has 1 aromatic carbocycles. The van der Waals surface area contributed by atoms with E-state index in [1.54, 1.807) is 24.3 Å². The third-order valence-corrected chi connectivity index (χ3v) is 3.85. The van der Waals surface area contributed by atoms with Gasteiger partial charge in [0.1, 0.15) is 5.82 Å². The maximum atomic E-state index is 13.8. The van der Waals surface area contributed by atoms with E-state index in [1.165, 1.54) is 17.0 Å². The lowest BCUT2D eigenvalue weighted by molar-refractivity contribution is 0.238. The van der Waals surface area contributed by atoms with Crippen molar-refractivity contribution in [3.05, 3.63) is 57.8 Å². The van der Waals surface area contributed by atoms with Crippen LogP contribution in [-0.4, -0.2) is 21.7 Å². The van der Waals surface area contributed by atoms with E-state index in [9.17, 15) is 4.39 Å². The molecule has 0 unspecified atom stereocenters. The molecule has 0 aliphatic carbocycles. The first-order chi connectivity index (χ1) is 11.0. The summed E-state index contributed by atoms with van der Waals surface area (Å²) >= 11 is 11.2. The highest BCUT2D eigenvalue weighted by atomic mass is 35.5. The van der Waals surface area contributed by atoms with Crippen molar-refractivity contribution in [2.45, 2.75) is 13.2 Å². The summed E-state index contributed by atoms with van der Waals surface area (Å²) in [5.74, 6) is 0.455. The standard InChI is InChI=1S/C15H13ClFN3O2S/c1-19(8-10-11(16)4-2-5-12(10)17)9-20-15(23)22-14(18-20)13-6-3-7-21-13/h2-7H,8-9H2,1H3. The lowest BCUT2D eigenvalue weighted by Crippen LogP contribution is -2.23. The van der Waals surface area contributed by atoms with E-state index in [1.807, 2.05) is 11.9 Å². The molecule has 0 amide bonds. The first kappa shape index (κ1) is 15.9. The van der Waals surface area contributed by atoms with E-state index in [-0.39, 0.29) is 10.7 Å². The molecule has 0 bridgehead atoms. The minimum atomic E-state index is -0.343. The third kappa shape index (κ3) is 3.52.